The zero-order valence-corrected chi connectivity index (χ0v) is 42.8. The maximum Gasteiger partial charge on any atom is 0.332 e. The molecule has 18 heteroatoms. The quantitative estimate of drug-likeness (QED) is 0.166. The van der Waals surface area contributed by atoms with Gasteiger partial charge >= 0.3 is 11.9 Å². The first-order valence-electron chi connectivity index (χ1n) is 23.2. The molecule has 2 aromatic rings. The Labute approximate surface area is 408 Å². The standard InChI is InChI=1S/C32H49NO8S.C18H26N2O5.ClH/c1-30(2,3)24(17-23(34)18-32(15-11-8-12-16-32)21-42(39,40)31(4,5)6)28(37)33-19-25(35)27(36)26(33)29(38)41-20-22-13-9-7-10-14-22;1-18(2,3)15(19)16(23)20-9-12(21)14(22)13(20)17(24)25-10-11-7-5-4-6-8-11;/h7,9-10,13-14,24-27,35-36H,8,11-12,15-21H2,1-6H3;4-8,12-15,21-22H,9-10,19H2,1-3H3;1H/t24-,25+,26+,27+;12-,13-,14-,15+;/m10./s1. The molecule has 382 valence electrons. The Balaban J connectivity index is 0.000000402. The van der Waals surface area contributed by atoms with Crippen LogP contribution in [0.2, 0.25) is 0 Å². The van der Waals surface area contributed by atoms with Crippen molar-refractivity contribution in [3.63, 3.8) is 0 Å². The van der Waals surface area contributed by atoms with E-state index in [1.165, 1.54) is 0 Å². The molecule has 8 atom stereocenters. The molecule has 0 radical (unpaired) electrons. The number of β-amino-alcohol motifs (C(OH)–C–C–N with tert-alkyl or cyclic N) is 2. The number of likely N-dealkylation sites (tertiary alicyclic amines) is 2. The van der Waals surface area contributed by atoms with Gasteiger partial charge in [0.1, 0.15) is 43.4 Å². The lowest BCUT2D eigenvalue weighted by Gasteiger charge is -2.39. The van der Waals surface area contributed by atoms with Gasteiger partial charge in [0.05, 0.1) is 29.6 Å². The number of benzene rings is 2. The molecular formula is C50H76ClN3O13S. The number of amides is 2. The maximum atomic E-state index is 14.0. The largest absolute Gasteiger partial charge is 0.459 e. The predicted octanol–water partition coefficient (Wildman–Crippen LogP) is 4.30. The minimum absolute atomic E-state index is 0. The van der Waals surface area contributed by atoms with Crippen LogP contribution >= 0.6 is 12.4 Å². The SMILES string of the molecule is CC(C)(C)[C@H](CC(=O)CC1(CS(=O)(=O)C(C)(C)C)CCCCC1)C(=O)N1C[C@H](O)[C@H](O)[C@H]1C(=O)OCc1ccccc1.CC(C)(C)[C@H](N)C(=O)N1C[C@H](O)[C@H](O)[C@H]1C(=O)OCc1ccccc1.Cl. The van der Waals surface area contributed by atoms with E-state index in [0.717, 1.165) is 40.2 Å². The summed E-state index contributed by atoms with van der Waals surface area (Å²) in [5.41, 5.74) is 5.62. The fraction of sp³-hybridized carbons (Fsp3) is 0.660. The average molecular weight is 995 g/mol. The third kappa shape index (κ3) is 15.0. The highest BCUT2D eigenvalue weighted by atomic mass is 35.5. The van der Waals surface area contributed by atoms with Crippen LogP contribution in [0.1, 0.15) is 118 Å². The van der Waals surface area contributed by atoms with Crippen LogP contribution in [0.15, 0.2) is 60.7 Å². The van der Waals surface area contributed by atoms with Crippen molar-refractivity contribution in [2.75, 3.05) is 18.8 Å². The molecule has 2 aliphatic heterocycles. The molecule has 3 fully saturated rings. The van der Waals surface area contributed by atoms with Gasteiger partial charge in [-0.05, 0) is 61.0 Å². The van der Waals surface area contributed by atoms with E-state index in [1.54, 1.807) is 77.9 Å². The topological polar surface area (TPSA) is 251 Å². The van der Waals surface area contributed by atoms with E-state index in [-0.39, 0.29) is 63.1 Å². The van der Waals surface area contributed by atoms with E-state index in [0.29, 0.717) is 12.8 Å². The number of esters is 2. The summed E-state index contributed by atoms with van der Waals surface area (Å²) in [5, 5.41) is 41.2. The first-order valence-corrected chi connectivity index (χ1v) is 24.9. The number of carbonyl (C=O) groups is 5. The molecular weight excluding hydrogens is 918 g/mol. The molecule has 6 N–H and O–H groups in total. The summed E-state index contributed by atoms with van der Waals surface area (Å²) in [6, 6.07) is 14.5. The second-order valence-electron chi connectivity index (χ2n) is 21.8. The lowest BCUT2D eigenvalue weighted by Crippen LogP contribution is -2.55. The molecule has 2 saturated heterocycles. The fourth-order valence-corrected chi connectivity index (χ4v) is 10.4. The van der Waals surface area contributed by atoms with Crippen molar-refractivity contribution in [2.45, 2.75) is 168 Å². The van der Waals surface area contributed by atoms with E-state index < -0.39 is 103 Å². The number of nitrogens with two attached hydrogens (primary N) is 1. The summed E-state index contributed by atoms with van der Waals surface area (Å²) < 4.78 is 36.1. The second kappa shape index (κ2) is 23.8. The van der Waals surface area contributed by atoms with Crippen molar-refractivity contribution in [1.82, 2.24) is 9.80 Å². The molecule has 5 rings (SSSR count). The van der Waals surface area contributed by atoms with E-state index in [4.69, 9.17) is 15.2 Å². The van der Waals surface area contributed by atoms with Crippen molar-refractivity contribution in [3.05, 3.63) is 71.8 Å². The molecule has 0 bridgehead atoms. The fourth-order valence-electron chi connectivity index (χ4n) is 8.78. The minimum atomic E-state index is -3.48. The number of ether oxygens (including phenoxy) is 2. The lowest BCUT2D eigenvalue weighted by molar-refractivity contribution is -0.160. The summed E-state index contributed by atoms with van der Waals surface area (Å²) in [6.45, 7) is 15.5. The number of halogens is 1. The number of aliphatic hydroxyl groups excluding tert-OH is 4. The lowest BCUT2D eigenvalue weighted by atomic mass is 9.70. The number of nitrogens with zero attached hydrogens (tertiary/aromatic N) is 2. The highest BCUT2D eigenvalue weighted by molar-refractivity contribution is 7.92. The molecule has 68 heavy (non-hydrogen) atoms. The maximum absolute atomic E-state index is 14.0. The van der Waals surface area contributed by atoms with E-state index >= 15 is 0 Å². The van der Waals surface area contributed by atoms with Crippen molar-refractivity contribution in [3.8, 4) is 0 Å². The van der Waals surface area contributed by atoms with Gasteiger partial charge in [-0.25, -0.2) is 18.0 Å². The van der Waals surface area contributed by atoms with E-state index in [1.807, 2.05) is 45.0 Å². The number of hydrogen-bond acceptors (Lipinski definition) is 14. The van der Waals surface area contributed by atoms with Gasteiger partial charge in [0.2, 0.25) is 11.8 Å². The van der Waals surface area contributed by atoms with Gasteiger partial charge in [0, 0.05) is 18.8 Å². The molecule has 0 aromatic heterocycles. The summed E-state index contributed by atoms with van der Waals surface area (Å²) in [7, 11) is -3.48. The Morgan fingerprint density at radius 3 is 1.47 bits per heavy atom. The molecule has 1 aliphatic carbocycles. The van der Waals surface area contributed by atoms with Crippen LogP contribution in [0, 0.1) is 22.2 Å². The zero-order valence-electron chi connectivity index (χ0n) is 41.1. The Kier molecular flexibility index (Phi) is 20.4. The Morgan fingerprint density at radius 1 is 0.676 bits per heavy atom. The highest BCUT2D eigenvalue weighted by Crippen LogP contribution is 2.44. The van der Waals surface area contributed by atoms with Gasteiger partial charge in [0.15, 0.2) is 21.9 Å². The van der Waals surface area contributed by atoms with Crippen molar-refractivity contribution < 1.29 is 62.3 Å². The molecule has 0 spiro atoms. The number of aliphatic hydroxyl groups is 4. The van der Waals surface area contributed by atoms with Crippen molar-refractivity contribution in [1.29, 1.82) is 0 Å². The number of ketones is 1. The highest BCUT2D eigenvalue weighted by Gasteiger charge is 2.52. The molecule has 2 aromatic carbocycles. The normalized spacial score (nSPS) is 23.9. The van der Waals surface area contributed by atoms with Crippen LogP contribution < -0.4 is 5.73 Å². The molecule has 1 saturated carbocycles. The van der Waals surface area contributed by atoms with Gasteiger partial charge in [-0.1, -0.05) is 121 Å². The second-order valence-corrected chi connectivity index (χ2v) is 24.5. The Bertz CT molecular complexity index is 2120. The van der Waals surface area contributed by atoms with E-state index in [9.17, 15) is 52.8 Å². The van der Waals surface area contributed by atoms with Crippen molar-refractivity contribution in [2.24, 2.45) is 27.9 Å². The third-order valence-corrected chi connectivity index (χ3v) is 16.1. The molecule has 16 nitrogen and oxygen atoms in total. The van der Waals surface area contributed by atoms with E-state index in [2.05, 4.69) is 0 Å². The van der Waals surface area contributed by atoms with Crippen LogP contribution in [-0.4, -0.2) is 134 Å². The average Bonchev–Trinajstić information content (AvgIpc) is 3.72. The Morgan fingerprint density at radius 2 is 1.09 bits per heavy atom. The van der Waals surface area contributed by atoms with Gasteiger partial charge in [0.25, 0.3) is 0 Å². The Hall–Kier alpha value is -3.97. The van der Waals surface area contributed by atoms with Gasteiger partial charge in [-0.15, -0.1) is 12.4 Å². The molecule has 3 aliphatic rings. The van der Waals surface area contributed by atoms with Gasteiger partial charge in [-0.3, -0.25) is 14.4 Å². The van der Waals surface area contributed by atoms with Gasteiger partial charge < -0.3 is 45.4 Å². The smallest absolute Gasteiger partial charge is 0.332 e. The number of carbonyl (C=O) groups excluding carboxylic acids is 5. The van der Waals surface area contributed by atoms with Crippen LogP contribution in [0.3, 0.4) is 0 Å². The van der Waals surface area contributed by atoms with Crippen LogP contribution in [0.25, 0.3) is 0 Å². The first-order chi connectivity index (χ1) is 31.0. The van der Waals surface area contributed by atoms with Crippen LogP contribution in [0.5, 0.6) is 0 Å². The number of sulfone groups is 1. The molecule has 0 unspecified atom stereocenters. The van der Waals surface area contributed by atoms with Crippen LogP contribution in [0.4, 0.5) is 0 Å². The summed E-state index contributed by atoms with van der Waals surface area (Å²) >= 11 is 0. The first kappa shape index (κ1) is 58.3. The summed E-state index contributed by atoms with van der Waals surface area (Å²) in [5.74, 6) is -3.72. The van der Waals surface area contributed by atoms with Crippen LogP contribution in [-0.2, 0) is 56.5 Å². The van der Waals surface area contributed by atoms with Gasteiger partial charge in [-0.2, -0.15) is 0 Å². The molecule has 2 heterocycles. The minimum Gasteiger partial charge on any atom is -0.459 e. The number of Topliss-reactive ketones (excluding diaryl/α,β-unsaturated/α-hetero) is 1. The predicted molar refractivity (Wildman–Crippen MR) is 258 cm³/mol. The zero-order chi connectivity index (χ0) is 50.3. The number of rotatable bonds is 14. The summed E-state index contributed by atoms with van der Waals surface area (Å²) in [6.07, 6.45) is -1.57. The molecule has 2 amide bonds. The number of hydrogen-bond donors (Lipinski definition) is 5. The monoisotopic (exact) mass is 993 g/mol. The summed E-state index contributed by atoms with van der Waals surface area (Å²) in [4.78, 5) is 68.1. The van der Waals surface area contributed by atoms with Crippen molar-refractivity contribution >= 4 is 51.8 Å². The third-order valence-electron chi connectivity index (χ3n) is 13.3.